The molecule has 0 saturated carbocycles. The van der Waals surface area contributed by atoms with E-state index in [2.05, 4.69) is 21.2 Å². The quantitative estimate of drug-likeness (QED) is 0.704. The van der Waals surface area contributed by atoms with Gasteiger partial charge in [0.15, 0.2) is 0 Å². The Morgan fingerprint density at radius 1 is 1.44 bits per heavy atom. The second kappa shape index (κ2) is 8.57. The highest BCUT2D eigenvalue weighted by molar-refractivity contribution is 9.10. The van der Waals surface area contributed by atoms with Crippen LogP contribution in [-0.2, 0) is 16.0 Å². The molecule has 8 heteroatoms. The molecule has 1 aliphatic rings. The van der Waals surface area contributed by atoms with Crippen molar-refractivity contribution >= 4 is 45.0 Å². The van der Waals surface area contributed by atoms with Gasteiger partial charge in [-0.25, -0.2) is 4.79 Å². The second-order valence-electron chi connectivity index (χ2n) is 7.29. The average molecular weight is 454 g/mol. The van der Waals surface area contributed by atoms with Crippen molar-refractivity contribution in [1.29, 1.82) is 0 Å². The van der Waals surface area contributed by atoms with Crippen LogP contribution in [-0.4, -0.2) is 48.9 Å². The summed E-state index contributed by atoms with van der Waals surface area (Å²) in [6.07, 6.45) is 1.32. The lowest BCUT2D eigenvalue weighted by molar-refractivity contribution is -0.0588. The van der Waals surface area contributed by atoms with Gasteiger partial charge in [-0.1, -0.05) is 11.6 Å². The standard InChI is InChI=1S/C17H26BrClN2O3S/c1-16(2,3)24-15(22)21-7-5-17(23-4,6-8-21)11-20-10-12-9-13(18)14(19)25-12/h9,20H,5-8,10-11H2,1-4H3. The first-order valence-electron chi connectivity index (χ1n) is 8.32. The molecule has 1 aromatic rings. The highest BCUT2D eigenvalue weighted by atomic mass is 79.9. The van der Waals surface area contributed by atoms with Crippen molar-refractivity contribution in [2.75, 3.05) is 26.7 Å². The van der Waals surface area contributed by atoms with Gasteiger partial charge in [0.05, 0.1) is 5.60 Å². The molecule has 2 rings (SSSR count). The molecular weight excluding hydrogens is 428 g/mol. The van der Waals surface area contributed by atoms with Crippen LogP contribution in [0.3, 0.4) is 0 Å². The van der Waals surface area contributed by atoms with Gasteiger partial charge < -0.3 is 19.7 Å². The first-order valence-corrected chi connectivity index (χ1v) is 10.3. The van der Waals surface area contributed by atoms with Gasteiger partial charge >= 0.3 is 6.09 Å². The minimum Gasteiger partial charge on any atom is -0.444 e. The van der Waals surface area contributed by atoms with Crippen molar-refractivity contribution in [3.63, 3.8) is 0 Å². The summed E-state index contributed by atoms with van der Waals surface area (Å²) in [4.78, 5) is 15.1. The molecule has 0 aliphatic carbocycles. The Hall–Kier alpha value is -0.340. The second-order valence-corrected chi connectivity index (χ2v) is 9.89. The van der Waals surface area contributed by atoms with E-state index in [0.717, 1.165) is 34.7 Å². The number of halogens is 2. The number of amides is 1. The molecule has 142 valence electrons. The van der Waals surface area contributed by atoms with Gasteiger partial charge in [0.25, 0.3) is 0 Å². The lowest BCUT2D eigenvalue weighted by Gasteiger charge is -2.41. The van der Waals surface area contributed by atoms with E-state index in [4.69, 9.17) is 21.1 Å². The van der Waals surface area contributed by atoms with Crippen LogP contribution in [0.25, 0.3) is 0 Å². The third-order valence-electron chi connectivity index (χ3n) is 4.20. The lowest BCUT2D eigenvalue weighted by atomic mass is 9.91. The van der Waals surface area contributed by atoms with Crippen LogP contribution in [0.5, 0.6) is 0 Å². The minimum absolute atomic E-state index is 0.247. The molecule has 2 heterocycles. The molecular formula is C17H26BrClN2O3S. The predicted molar refractivity (Wildman–Crippen MR) is 106 cm³/mol. The van der Waals surface area contributed by atoms with E-state index < -0.39 is 5.60 Å². The first kappa shape index (κ1) is 21.0. The molecule has 1 amide bonds. The summed E-state index contributed by atoms with van der Waals surface area (Å²) in [5.74, 6) is 0. The Morgan fingerprint density at radius 2 is 2.08 bits per heavy atom. The third kappa shape index (κ3) is 6.10. The van der Waals surface area contributed by atoms with Crippen molar-refractivity contribution < 1.29 is 14.3 Å². The number of likely N-dealkylation sites (tertiary alicyclic amines) is 1. The van der Waals surface area contributed by atoms with Crippen molar-refractivity contribution in [2.24, 2.45) is 0 Å². The highest BCUT2D eigenvalue weighted by Gasteiger charge is 2.37. The number of ether oxygens (including phenoxy) is 2. The zero-order valence-corrected chi connectivity index (χ0v) is 18.3. The smallest absolute Gasteiger partial charge is 0.410 e. The van der Waals surface area contributed by atoms with Gasteiger partial charge in [-0.05, 0) is 55.6 Å². The number of rotatable bonds is 5. The average Bonchev–Trinajstić information content (AvgIpc) is 2.84. The minimum atomic E-state index is -0.468. The van der Waals surface area contributed by atoms with Crippen molar-refractivity contribution in [1.82, 2.24) is 10.2 Å². The van der Waals surface area contributed by atoms with Crippen LogP contribution in [0.15, 0.2) is 10.5 Å². The molecule has 0 unspecified atom stereocenters. The Balaban J connectivity index is 1.83. The highest BCUT2D eigenvalue weighted by Crippen LogP contribution is 2.32. The monoisotopic (exact) mass is 452 g/mol. The predicted octanol–water partition coefficient (Wildman–Crippen LogP) is 4.67. The van der Waals surface area contributed by atoms with E-state index in [0.29, 0.717) is 13.1 Å². The number of nitrogens with zero attached hydrogens (tertiary/aromatic N) is 1. The topological polar surface area (TPSA) is 50.8 Å². The van der Waals surface area contributed by atoms with Gasteiger partial charge in [0.1, 0.15) is 9.94 Å². The van der Waals surface area contributed by atoms with E-state index in [1.807, 2.05) is 26.8 Å². The maximum atomic E-state index is 12.2. The van der Waals surface area contributed by atoms with Gasteiger partial charge in [-0.3, -0.25) is 0 Å². The molecule has 0 radical (unpaired) electrons. The molecule has 1 fully saturated rings. The van der Waals surface area contributed by atoms with Crippen LogP contribution in [0.2, 0.25) is 4.34 Å². The molecule has 0 atom stereocenters. The van der Waals surface area contributed by atoms with E-state index in [9.17, 15) is 4.79 Å². The van der Waals surface area contributed by atoms with Crippen LogP contribution < -0.4 is 5.32 Å². The number of hydrogen-bond acceptors (Lipinski definition) is 5. The number of carbonyl (C=O) groups excluding carboxylic acids is 1. The van der Waals surface area contributed by atoms with Gasteiger partial charge in [0, 0.05) is 42.6 Å². The summed E-state index contributed by atoms with van der Waals surface area (Å²) in [6, 6.07) is 2.03. The van der Waals surface area contributed by atoms with Gasteiger partial charge in [-0.15, -0.1) is 11.3 Å². The Labute approximate surface area is 167 Å². The van der Waals surface area contributed by atoms with Crippen molar-refractivity contribution in [3.05, 3.63) is 19.8 Å². The summed E-state index contributed by atoms with van der Waals surface area (Å²) < 4.78 is 12.9. The summed E-state index contributed by atoms with van der Waals surface area (Å²) in [5.41, 5.74) is -0.721. The van der Waals surface area contributed by atoms with E-state index in [-0.39, 0.29) is 11.7 Å². The molecule has 1 saturated heterocycles. The largest absolute Gasteiger partial charge is 0.444 e. The van der Waals surface area contributed by atoms with E-state index >= 15 is 0 Å². The van der Waals surface area contributed by atoms with Gasteiger partial charge in [0.2, 0.25) is 0 Å². The summed E-state index contributed by atoms with van der Waals surface area (Å²) in [6.45, 7) is 8.41. The van der Waals surface area contributed by atoms with Crippen LogP contribution in [0, 0.1) is 0 Å². The number of carbonyl (C=O) groups is 1. The normalized spacial score (nSPS) is 17.6. The summed E-state index contributed by atoms with van der Waals surface area (Å²) in [5, 5.41) is 3.46. The molecule has 0 bridgehead atoms. The Kier molecular flexibility index (Phi) is 7.18. The van der Waals surface area contributed by atoms with Crippen LogP contribution in [0.4, 0.5) is 4.79 Å². The van der Waals surface area contributed by atoms with Gasteiger partial charge in [-0.2, -0.15) is 0 Å². The number of piperidine rings is 1. The molecule has 1 aliphatic heterocycles. The van der Waals surface area contributed by atoms with Crippen molar-refractivity contribution in [2.45, 2.75) is 51.4 Å². The van der Waals surface area contributed by atoms with Crippen LogP contribution >= 0.6 is 38.9 Å². The summed E-state index contributed by atoms with van der Waals surface area (Å²) >= 11 is 11.1. The van der Waals surface area contributed by atoms with E-state index in [1.165, 1.54) is 4.88 Å². The lowest BCUT2D eigenvalue weighted by Crippen LogP contribution is -2.52. The maximum Gasteiger partial charge on any atom is 0.410 e. The molecule has 5 nitrogen and oxygen atoms in total. The number of hydrogen-bond donors (Lipinski definition) is 1. The SMILES string of the molecule is COC1(CNCc2cc(Br)c(Cl)s2)CCN(C(=O)OC(C)(C)C)CC1. The van der Waals surface area contributed by atoms with E-state index in [1.54, 1.807) is 23.3 Å². The fourth-order valence-corrected chi connectivity index (χ4v) is 4.53. The number of thiophene rings is 1. The number of methoxy groups -OCH3 is 1. The fraction of sp³-hybridized carbons (Fsp3) is 0.706. The molecule has 25 heavy (non-hydrogen) atoms. The first-order chi connectivity index (χ1) is 11.6. The fourth-order valence-electron chi connectivity index (χ4n) is 2.77. The Morgan fingerprint density at radius 3 is 2.56 bits per heavy atom. The zero-order chi connectivity index (χ0) is 18.7. The van der Waals surface area contributed by atoms with Crippen molar-refractivity contribution in [3.8, 4) is 0 Å². The Bertz CT molecular complexity index is 576. The molecule has 0 aromatic carbocycles. The molecule has 0 spiro atoms. The third-order valence-corrected chi connectivity index (χ3v) is 6.68. The zero-order valence-electron chi connectivity index (χ0n) is 15.2. The molecule has 1 aromatic heterocycles. The maximum absolute atomic E-state index is 12.2. The number of nitrogens with one attached hydrogen (secondary N) is 1. The molecule has 1 N–H and O–H groups in total. The summed E-state index contributed by atoms with van der Waals surface area (Å²) in [7, 11) is 1.74. The van der Waals surface area contributed by atoms with Crippen LogP contribution in [0.1, 0.15) is 38.5 Å².